The lowest BCUT2D eigenvalue weighted by Gasteiger charge is -2.09. The maximum Gasteiger partial charge on any atom is 0.131 e. The first-order chi connectivity index (χ1) is 8.13. The van der Waals surface area contributed by atoms with Crippen LogP contribution in [0.4, 0.5) is 0 Å². The molecule has 6 heteroatoms. The van der Waals surface area contributed by atoms with Crippen molar-refractivity contribution in [2.75, 3.05) is 0 Å². The van der Waals surface area contributed by atoms with Crippen LogP contribution in [-0.4, -0.2) is 20.1 Å². The second-order valence-corrected chi connectivity index (χ2v) is 5.98. The van der Waals surface area contributed by atoms with E-state index in [0.717, 1.165) is 32.9 Å². The molecule has 0 saturated carbocycles. The molecule has 1 unspecified atom stereocenters. The van der Waals surface area contributed by atoms with E-state index in [2.05, 4.69) is 33.2 Å². The molecule has 0 aliphatic heterocycles. The van der Waals surface area contributed by atoms with E-state index in [9.17, 15) is 5.11 Å². The molecule has 0 aliphatic carbocycles. The predicted molar refractivity (Wildman–Crippen MR) is 71.1 cm³/mol. The molecule has 0 fully saturated rings. The van der Waals surface area contributed by atoms with Crippen molar-refractivity contribution in [1.29, 1.82) is 0 Å². The first-order valence-electron chi connectivity index (χ1n) is 5.45. The third-order valence-electron chi connectivity index (χ3n) is 2.51. The average molecular weight is 316 g/mol. The van der Waals surface area contributed by atoms with Gasteiger partial charge in [-0.15, -0.1) is 16.4 Å². The van der Waals surface area contributed by atoms with Crippen molar-refractivity contribution >= 4 is 27.3 Å². The number of aromatic nitrogens is 3. The number of rotatable bonds is 4. The van der Waals surface area contributed by atoms with Gasteiger partial charge in [0.25, 0.3) is 0 Å². The number of hydrogen-bond donors (Lipinski definition) is 1. The molecule has 1 atom stereocenters. The van der Waals surface area contributed by atoms with Crippen molar-refractivity contribution in [1.82, 2.24) is 15.0 Å². The molecule has 0 aliphatic rings. The molecule has 0 saturated heterocycles. The lowest BCUT2D eigenvalue weighted by molar-refractivity contribution is 0.211. The molecule has 2 heterocycles. The Morgan fingerprint density at radius 1 is 1.59 bits per heavy atom. The summed E-state index contributed by atoms with van der Waals surface area (Å²) < 4.78 is 2.79. The number of halogens is 1. The average Bonchev–Trinajstić information content (AvgIpc) is 2.87. The first kappa shape index (κ1) is 12.7. The van der Waals surface area contributed by atoms with Gasteiger partial charge in [0, 0.05) is 20.8 Å². The van der Waals surface area contributed by atoms with E-state index in [0.29, 0.717) is 0 Å². The molecular weight excluding hydrogens is 302 g/mol. The molecule has 0 radical (unpaired) electrons. The van der Waals surface area contributed by atoms with Crippen LogP contribution in [0.25, 0.3) is 0 Å². The minimum atomic E-state index is -0.647. The summed E-state index contributed by atoms with van der Waals surface area (Å²) in [6.45, 7) is 4.87. The van der Waals surface area contributed by atoms with E-state index >= 15 is 0 Å². The van der Waals surface area contributed by atoms with E-state index < -0.39 is 6.10 Å². The molecule has 2 rings (SSSR count). The Balaban J connectivity index is 2.29. The van der Waals surface area contributed by atoms with Crippen molar-refractivity contribution in [3.8, 4) is 0 Å². The molecular formula is C11H14BrN3OS. The van der Waals surface area contributed by atoms with Crippen LogP contribution in [0.3, 0.4) is 0 Å². The largest absolute Gasteiger partial charge is 0.381 e. The fourth-order valence-electron chi connectivity index (χ4n) is 1.62. The Labute approximate surface area is 112 Å². The number of thiophene rings is 1. The molecule has 0 aromatic carbocycles. The summed E-state index contributed by atoms with van der Waals surface area (Å²) in [5.41, 5.74) is 0.751. The van der Waals surface area contributed by atoms with Crippen molar-refractivity contribution < 1.29 is 5.11 Å². The standard InChI is InChI=1S/C11H14BrN3OS/c1-3-4-15-9(6-13-14-15)11(16)10-5-8(12)7(2)17-10/h5-6,11,16H,3-4H2,1-2H3. The third kappa shape index (κ3) is 2.59. The van der Waals surface area contributed by atoms with Crippen LogP contribution in [0.15, 0.2) is 16.7 Å². The number of aryl methyl sites for hydroxylation is 2. The number of aliphatic hydroxyl groups excluding tert-OH is 1. The highest BCUT2D eigenvalue weighted by atomic mass is 79.9. The maximum absolute atomic E-state index is 10.3. The zero-order valence-corrected chi connectivity index (χ0v) is 12.1. The number of aliphatic hydroxyl groups is 1. The second-order valence-electron chi connectivity index (χ2n) is 3.84. The summed E-state index contributed by atoms with van der Waals surface area (Å²) in [4.78, 5) is 2.07. The van der Waals surface area contributed by atoms with Gasteiger partial charge in [0.05, 0.1) is 11.9 Å². The summed E-state index contributed by atoms with van der Waals surface area (Å²) in [5, 5.41) is 18.2. The SMILES string of the molecule is CCCn1nncc1C(O)c1cc(Br)c(C)s1. The zero-order chi connectivity index (χ0) is 12.4. The molecule has 2 aromatic rings. The van der Waals surface area contributed by atoms with Crippen molar-refractivity contribution in [2.45, 2.75) is 32.9 Å². The lowest BCUT2D eigenvalue weighted by Crippen LogP contribution is -2.09. The van der Waals surface area contributed by atoms with Crippen molar-refractivity contribution in [3.05, 3.63) is 32.2 Å². The van der Waals surface area contributed by atoms with E-state index in [4.69, 9.17) is 0 Å². The summed E-state index contributed by atoms with van der Waals surface area (Å²) >= 11 is 5.04. The maximum atomic E-state index is 10.3. The van der Waals surface area contributed by atoms with Gasteiger partial charge in [-0.2, -0.15) is 0 Å². The Kier molecular flexibility index (Phi) is 3.96. The van der Waals surface area contributed by atoms with E-state index in [1.54, 1.807) is 22.2 Å². The van der Waals surface area contributed by atoms with Gasteiger partial charge in [0.1, 0.15) is 6.10 Å². The zero-order valence-electron chi connectivity index (χ0n) is 9.72. The number of nitrogens with zero attached hydrogens (tertiary/aromatic N) is 3. The fourth-order valence-corrected chi connectivity index (χ4v) is 3.19. The van der Waals surface area contributed by atoms with Crippen molar-refractivity contribution in [3.63, 3.8) is 0 Å². The molecule has 1 N–H and O–H groups in total. The van der Waals surface area contributed by atoms with Gasteiger partial charge in [-0.25, -0.2) is 4.68 Å². The Hall–Kier alpha value is -0.720. The van der Waals surface area contributed by atoms with Crippen LogP contribution in [0.5, 0.6) is 0 Å². The predicted octanol–water partition coefficient (Wildman–Crippen LogP) is 2.90. The van der Waals surface area contributed by atoms with Crippen LogP contribution in [0.1, 0.15) is 34.9 Å². The van der Waals surface area contributed by atoms with E-state index in [-0.39, 0.29) is 0 Å². The van der Waals surface area contributed by atoms with Gasteiger partial charge in [0.2, 0.25) is 0 Å². The molecule has 17 heavy (non-hydrogen) atoms. The van der Waals surface area contributed by atoms with E-state index in [1.807, 2.05) is 13.0 Å². The summed E-state index contributed by atoms with van der Waals surface area (Å²) in [7, 11) is 0. The van der Waals surface area contributed by atoms with Crippen LogP contribution >= 0.6 is 27.3 Å². The van der Waals surface area contributed by atoms with Gasteiger partial charge in [-0.3, -0.25) is 0 Å². The quantitative estimate of drug-likeness (QED) is 0.943. The minimum Gasteiger partial charge on any atom is -0.381 e. The van der Waals surface area contributed by atoms with E-state index in [1.165, 1.54) is 0 Å². The minimum absolute atomic E-state index is 0.647. The molecule has 2 aromatic heterocycles. The van der Waals surface area contributed by atoms with Crippen molar-refractivity contribution in [2.24, 2.45) is 0 Å². The highest BCUT2D eigenvalue weighted by Crippen LogP contribution is 2.33. The van der Waals surface area contributed by atoms with Gasteiger partial charge in [-0.1, -0.05) is 12.1 Å². The lowest BCUT2D eigenvalue weighted by atomic mass is 10.2. The van der Waals surface area contributed by atoms with Gasteiger partial charge in [-0.05, 0) is 35.3 Å². The third-order valence-corrected chi connectivity index (χ3v) is 4.70. The molecule has 92 valence electrons. The highest BCUT2D eigenvalue weighted by Gasteiger charge is 2.18. The normalized spacial score (nSPS) is 12.9. The van der Waals surface area contributed by atoms with Crippen LogP contribution < -0.4 is 0 Å². The first-order valence-corrected chi connectivity index (χ1v) is 7.06. The van der Waals surface area contributed by atoms with Crippen LogP contribution in [-0.2, 0) is 6.54 Å². The molecule has 0 spiro atoms. The Morgan fingerprint density at radius 3 is 2.94 bits per heavy atom. The molecule has 0 amide bonds. The van der Waals surface area contributed by atoms with Crippen LogP contribution in [0, 0.1) is 6.92 Å². The molecule has 4 nitrogen and oxygen atoms in total. The highest BCUT2D eigenvalue weighted by molar-refractivity contribution is 9.10. The van der Waals surface area contributed by atoms with Gasteiger partial charge < -0.3 is 5.11 Å². The summed E-state index contributed by atoms with van der Waals surface area (Å²) in [6.07, 6.45) is 1.95. The summed E-state index contributed by atoms with van der Waals surface area (Å²) in [6, 6.07) is 1.95. The van der Waals surface area contributed by atoms with Crippen LogP contribution in [0.2, 0.25) is 0 Å². The fraction of sp³-hybridized carbons (Fsp3) is 0.455. The Bertz CT molecular complexity index is 489. The van der Waals surface area contributed by atoms with Gasteiger partial charge in [0.15, 0.2) is 0 Å². The second kappa shape index (κ2) is 5.29. The molecule has 0 bridgehead atoms. The van der Waals surface area contributed by atoms with Gasteiger partial charge >= 0.3 is 0 Å². The topological polar surface area (TPSA) is 50.9 Å². The monoisotopic (exact) mass is 315 g/mol. The number of hydrogen-bond acceptors (Lipinski definition) is 4. The smallest absolute Gasteiger partial charge is 0.131 e. The summed E-state index contributed by atoms with van der Waals surface area (Å²) in [5.74, 6) is 0. The Morgan fingerprint density at radius 2 is 2.35 bits per heavy atom.